The van der Waals surface area contributed by atoms with Crippen LogP contribution in [0.4, 0.5) is 0 Å². The Balaban J connectivity index is 1.91. The summed E-state index contributed by atoms with van der Waals surface area (Å²) < 4.78 is 5.19. The summed E-state index contributed by atoms with van der Waals surface area (Å²) in [6.07, 6.45) is 8.69. The second kappa shape index (κ2) is 6.12. The maximum absolute atomic E-state index is 12.9. The molecule has 2 heteroatoms. The van der Waals surface area contributed by atoms with Crippen LogP contribution in [0, 0.1) is 23.7 Å². The smallest absolute Gasteiger partial charge is 0.163 e. The van der Waals surface area contributed by atoms with Gasteiger partial charge in [-0.25, -0.2) is 0 Å². The number of ether oxygens (including phenoxy) is 1. The van der Waals surface area contributed by atoms with Gasteiger partial charge in [0.1, 0.15) is 5.75 Å². The number of allylic oxidation sites excluding steroid dienone is 3. The molecule has 1 saturated carbocycles. The lowest BCUT2D eigenvalue weighted by Crippen LogP contribution is -2.26. The molecule has 1 aromatic carbocycles. The SMILES string of the molecule is CCC1C=CC[C@H]2[C@H](C)/C(=C\c3ccc(OC)cc3)C(=O)[C@@H]12. The minimum atomic E-state index is 0.189. The van der Waals surface area contributed by atoms with Crippen molar-refractivity contribution in [2.24, 2.45) is 23.7 Å². The van der Waals surface area contributed by atoms with E-state index < -0.39 is 0 Å². The molecule has 0 aromatic heterocycles. The Bertz CT molecular complexity index is 609. The van der Waals surface area contributed by atoms with Crippen molar-refractivity contribution < 1.29 is 9.53 Å². The molecule has 3 rings (SSSR count). The van der Waals surface area contributed by atoms with E-state index >= 15 is 0 Å². The van der Waals surface area contributed by atoms with Gasteiger partial charge in [-0.2, -0.15) is 0 Å². The number of hydrogen-bond donors (Lipinski definition) is 0. The molecule has 1 unspecified atom stereocenters. The molecule has 1 fully saturated rings. The molecule has 0 radical (unpaired) electrons. The largest absolute Gasteiger partial charge is 0.497 e. The third kappa shape index (κ3) is 2.51. The zero-order valence-corrected chi connectivity index (χ0v) is 13.6. The fraction of sp³-hybridized carbons (Fsp3) is 0.450. The van der Waals surface area contributed by atoms with Gasteiger partial charge in [-0.05, 0) is 59.9 Å². The maximum Gasteiger partial charge on any atom is 0.163 e. The first-order chi connectivity index (χ1) is 10.7. The summed E-state index contributed by atoms with van der Waals surface area (Å²) in [7, 11) is 1.67. The van der Waals surface area contributed by atoms with Crippen molar-refractivity contribution >= 4 is 11.9 Å². The van der Waals surface area contributed by atoms with Crippen molar-refractivity contribution in [2.45, 2.75) is 26.7 Å². The van der Waals surface area contributed by atoms with Gasteiger partial charge in [-0.3, -0.25) is 4.79 Å². The Morgan fingerprint density at radius 3 is 2.64 bits per heavy atom. The predicted octanol–water partition coefficient (Wildman–Crippen LogP) is 4.52. The summed E-state index contributed by atoms with van der Waals surface area (Å²) in [5, 5.41) is 0. The van der Waals surface area contributed by atoms with Crippen molar-refractivity contribution in [1.29, 1.82) is 0 Å². The molecule has 0 heterocycles. The van der Waals surface area contributed by atoms with Crippen molar-refractivity contribution in [3.05, 3.63) is 47.6 Å². The van der Waals surface area contributed by atoms with Gasteiger partial charge >= 0.3 is 0 Å². The molecule has 2 aliphatic carbocycles. The van der Waals surface area contributed by atoms with Gasteiger partial charge in [0, 0.05) is 5.92 Å². The van der Waals surface area contributed by atoms with E-state index in [1.54, 1.807) is 7.11 Å². The summed E-state index contributed by atoms with van der Waals surface area (Å²) in [5.74, 6) is 2.64. The molecule has 0 bridgehead atoms. The highest BCUT2D eigenvalue weighted by Crippen LogP contribution is 2.48. The van der Waals surface area contributed by atoms with Gasteiger partial charge in [0.25, 0.3) is 0 Å². The van der Waals surface area contributed by atoms with Gasteiger partial charge in [0.15, 0.2) is 5.78 Å². The summed E-state index contributed by atoms with van der Waals surface area (Å²) in [6, 6.07) is 7.92. The summed E-state index contributed by atoms with van der Waals surface area (Å²) in [6.45, 7) is 4.39. The normalized spacial score (nSPS) is 32.3. The minimum Gasteiger partial charge on any atom is -0.497 e. The van der Waals surface area contributed by atoms with E-state index in [2.05, 4.69) is 32.1 Å². The third-order valence-electron chi connectivity index (χ3n) is 5.34. The Labute approximate surface area is 132 Å². The van der Waals surface area contributed by atoms with Gasteiger partial charge in [-0.1, -0.05) is 38.1 Å². The molecular formula is C20H24O2. The third-order valence-corrected chi connectivity index (χ3v) is 5.34. The summed E-state index contributed by atoms with van der Waals surface area (Å²) in [5.41, 5.74) is 2.08. The van der Waals surface area contributed by atoms with E-state index in [4.69, 9.17) is 4.74 Å². The molecule has 0 N–H and O–H groups in total. The number of carbonyl (C=O) groups excluding carboxylic acids is 1. The zero-order valence-electron chi connectivity index (χ0n) is 13.6. The van der Waals surface area contributed by atoms with E-state index in [0.717, 1.165) is 29.7 Å². The Hall–Kier alpha value is -1.83. The fourth-order valence-corrected chi connectivity index (χ4v) is 4.02. The number of methoxy groups -OCH3 is 1. The number of carbonyl (C=O) groups is 1. The fourth-order valence-electron chi connectivity index (χ4n) is 4.02. The summed E-state index contributed by atoms with van der Waals surface area (Å²) >= 11 is 0. The molecule has 2 nitrogen and oxygen atoms in total. The standard InChI is InChI=1S/C20H24O2/c1-4-15-6-5-7-17-13(2)18(20(21)19(15)17)12-14-8-10-16(22-3)11-9-14/h5-6,8-13,15,17,19H,4,7H2,1-3H3/b18-12+/t13-,15?,17-,19-/m0/s1. The molecule has 116 valence electrons. The lowest BCUT2D eigenvalue weighted by Gasteiger charge is -2.29. The van der Waals surface area contributed by atoms with Crippen LogP contribution >= 0.6 is 0 Å². The van der Waals surface area contributed by atoms with Crippen LogP contribution in [0.1, 0.15) is 32.3 Å². The van der Waals surface area contributed by atoms with Crippen LogP contribution in [0.3, 0.4) is 0 Å². The van der Waals surface area contributed by atoms with Gasteiger partial charge in [0.2, 0.25) is 0 Å². The second-order valence-corrected chi connectivity index (χ2v) is 6.45. The first-order valence-electron chi connectivity index (χ1n) is 8.22. The number of benzene rings is 1. The number of fused-ring (bicyclic) bond motifs is 1. The number of hydrogen-bond acceptors (Lipinski definition) is 2. The van der Waals surface area contributed by atoms with Gasteiger partial charge < -0.3 is 4.74 Å². The number of Topliss-reactive ketones (excluding diaryl/α,β-unsaturated/α-hetero) is 1. The lowest BCUT2D eigenvalue weighted by molar-refractivity contribution is -0.119. The van der Waals surface area contributed by atoms with Crippen molar-refractivity contribution in [3.8, 4) is 5.75 Å². The Morgan fingerprint density at radius 2 is 2.00 bits per heavy atom. The Kier molecular flexibility index (Phi) is 4.19. The highest BCUT2D eigenvalue weighted by Gasteiger charge is 2.46. The van der Waals surface area contributed by atoms with Crippen LogP contribution < -0.4 is 4.74 Å². The molecule has 22 heavy (non-hydrogen) atoms. The molecule has 2 aliphatic rings. The number of ketones is 1. The molecule has 0 spiro atoms. The quantitative estimate of drug-likeness (QED) is 0.605. The van der Waals surface area contributed by atoms with E-state index in [1.807, 2.05) is 24.3 Å². The molecular weight excluding hydrogens is 272 g/mol. The maximum atomic E-state index is 12.9. The highest BCUT2D eigenvalue weighted by atomic mass is 16.5. The average Bonchev–Trinajstić information content (AvgIpc) is 2.80. The van der Waals surface area contributed by atoms with Crippen LogP contribution in [0.15, 0.2) is 42.0 Å². The monoisotopic (exact) mass is 296 g/mol. The molecule has 0 saturated heterocycles. The molecule has 1 aromatic rings. The lowest BCUT2D eigenvalue weighted by atomic mass is 9.74. The molecule has 4 atom stereocenters. The summed E-state index contributed by atoms with van der Waals surface area (Å²) in [4.78, 5) is 12.9. The first kappa shape index (κ1) is 15.1. The average molecular weight is 296 g/mol. The molecule has 0 amide bonds. The highest BCUT2D eigenvalue weighted by molar-refractivity contribution is 6.04. The van der Waals surface area contributed by atoms with Gasteiger partial charge in [-0.15, -0.1) is 0 Å². The second-order valence-electron chi connectivity index (χ2n) is 6.45. The van der Waals surface area contributed by atoms with Crippen LogP contribution in [0.2, 0.25) is 0 Å². The topological polar surface area (TPSA) is 26.3 Å². The van der Waals surface area contributed by atoms with Crippen LogP contribution in [0.5, 0.6) is 5.75 Å². The zero-order chi connectivity index (χ0) is 15.7. The van der Waals surface area contributed by atoms with E-state index in [1.165, 1.54) is 0 Å². The van der Waals surface area contributed by atoms with E-state index in [-0.39, 0.29) is 5.92 Å². The van der Waals surface area contributed by atoms with Crippen LogP contribution in [0.25, 0.3) is 6.08 Å². The van der Waals surface area contributed by atoms with Crippen LogP contribution in [-0.2, 0) is 4.79 Å². The van der Waals surface area contributed by atoms with Crippen LogP contribution in [-0.4, -0.2) is 12.9 Å². The Morgan fingerprint density at radius 1 is 1.27 bits per heavy atom. The molecule has 0 aliphatic heterocycles. The van der Waals surface area contributed by atoms with E-state index in [0.29, 0.717) is 23.5 Å². The van der Waals surface area contributed by atoms with Crippen molar-refractivity contribution in [1.82, 2.24) is 0 Å². The van der Waals surface area contributed by atoms with Crippen molar-refractivity contribution in [3.63, 3.8) is 0 Å². The predicted molar refractivity (Wildman–Crippen MR) is 89.7 cm³/mol. The van der Waals surface area contributed by atoms with E-state index in [9.17, 15) is 4.79 Å². The first-order valence-corrected chi connectivity index (χ1v) is 8.22. The van der Waals surface area contributed by atoms with Gasteiger partial charge in [0.05, 0.1) is 7.11 Å². The van der Waals surface area contributed by atoms with Crippen molar-refractivity contribution in [2.75, 3.05) is 7.11 Å². The number of rotatable bonds is 3. The minimum absolute atomic E-state index is 0.189.